The Labute approximate surface area is 136 Å². The summed E-state index contributed by atoms with van der Waals surface area (Å²) < 4.78 is 46.2. The standard InChI is InChI=1S/C13H8F3IN4O/c1-7-2-3-8(17)9(4-7)22-11-5-10(13(14,15)16)20-12-18-6-19-21(11)12/h2-6H,1H3. The van der Waals surface area contributed by atoms with Crippen molar-refractivity contribution in [3.8, 4) is 11.6 Å². The van der Waals surface area contributed by atoms with Crippen molar-refractivity contribution in [2.75, 3.05) is 0 Å². The van der Waals surface area contributed by atoms with Crippen LogP contribution in [0.4, 0.5) is 13.2 Å². The van der Waals surface area contributed by atoms with Gasteiger partial charge in [-0.25, -0.2) is 4.98 Å². The second-order valence-corrected chi connectivity index (χ2v) is 5.65. The number of aromatic nitrogens is 4. The third kappa shape index (κ3) is 2.85. The van der Waals surface area contributed by atoms with Gasteiger partial charge < -0.3 is 4.74 Å². The Morgan fingerprint density at radius 1 is 1.23 bits per heavy atom. The minimum absolute atomic E-state index is 0.0988. The largest absolute Gasteiger partial charge is 0.438 e. The topological polar surface area (TPSA) is 52.3 Å². The molecule has 22 heavy (non-hydrogen) atoms. The van der Waals surface area contributed by atoms with Gasteiger partial charge in [0.15, 0.2) is 5.69 Å². The Balaban J connectivity index is 2.13. The van der Waals surface area contributed by atoms with E-state index >= 15 is 0 Å². The van der Waals surface area contributed by atoms with Gasteiger partial charge in [-0.15, -0.1) is 0 Å². The molecule has 0 bridgehead atoms. The molecule has 0 saturated carbocycles. The molecule has 3 aromatic rings. The summed E-state index contributed by atoms with van der Waals surface area (Å²) in [5.41, 5.74) is -0.152. The number of rotatable bonds is 2. The fraction of sp³-hybridized carbons (Fsp3) is 0.154. The molecule has 114 valence electrons. The van der Waals surface area contributed by atoms with E-state index in [1.54, 1.807) is 6.07 Å². The van der Waals surface area contributed by atoms with Gasteiger partial charge in [-0.3, -0.25) is 0 Å². The lowest BCUT2D eigenvalue weighted by atomic mass is 10.2. The van der Waals surface area contributed by atoms with E-state index in [2.05, 4.69) is 15.1 Å². The number of fused-ring (bicyclic) bond motifs is 1. The Morgan fingerprint density at radius 2 is 2.00 bits per heavy atom. The highest BCUT2D eigenvalue weighted by molar-refractivity contribution is 14.1. The van der Waals surface area contributed by atoms with E-state index < -0.39 is 11.9 Å². The lowest BCUT2D eigenvalue weighted by Crippen LogP contribution is -2.11. The molecule has 0 N–H and O–H groups in total. The predicted molar refractivity (Wildman–Crippen MR) is 79.8 cm³/mol. The Hall–Kier alpha value is -1.91. The van der Waals surface area contributed by atoms with E-state index in [1.807, 2.05) is 41.6 Å². The zero-order valence-electron chi connectivity index (χ0n) is 11.1. The predicted octanol–water partition coefficient (Wildman–Crippen LogP) is 3.85. The third-order valence-corrected chi connectivity index (χ3v) is 3.70. The summed E-state index contributed by atoms with van der Waals surface area (Å²) in [7, 11) is 0. The van der Waals surface area contributed by atoms with Crippen molar-refractivity contribution in [2.24, 2.45) is 0 Å². The number of hydrogen-bond donors (Lipinski definition) is 0. The van der Waals surface area contributed by atoms with Gasteiger partial charge in [0.1, 0.15) is 12.1 Å². The molecule has 2 heterocycles. The third-order valence-electron chi connectivity index (χ3n) is 2.81. The lowest BCUT2D eigenvalue weighted by Gasteiger charge is -2.12. The summed E-state index contributed by atoms with van der Waals surface area (Å²) >= 11 is 2.04. The molecular formula is C13H8F3IN4O. The van der Waals surface area contributed by atoms with Crippen molar-refractivity contribution in [1.29, 1.82) is 0 Å². The minimum Gasteiger partial charge on any atom is -0.438 e. The van der Waals surface area contributed by atoms with Gasteiger partial charge in [0.05, 0.1) is 3.57 Å². The van der Waals surface area contributed by atoms with Crippen LogP contribution in [0.15, 0.2) is 30.6 Å². The van der Waals surface area contributed by atoms with Crippen LogP contribution in [0.3, 0.4) is 0 Å². The van der Waals surface area contributed by atoms with Gasteiger partial charge in [-0.05, 0) is 47.2 Å². The van der Waals surface area contributed by atoms with Crippen molar-refractivity contribution in [1.82, 2.24) is 19.6 Å². The second-order valence-electron chi connectivity index (χ2n) is 4.49. The normalized spacial score (nSPS) is 11.9. The van der Waals surface area contributed by atoms with Crippen LogP contribution >= 0.6 is 22.6 Å². The highest BCUT2D eigenvalue weighted by Crippen LogP contribution is 2.33. The van der Waals surface area contributed by atoms with Gasteiger partial charge in [0, 0.05) is 6.07 Å². The fourth-order valence-corrected chi connectivity index (χ4v) is 2.25. The molecule has 9 heteroatoms. The molecule has 0 saturated heterocycles. The SMILES string of the molecule is Cc1ccc(I)c(Oc2cc(C(F)(F)F)nc3ncnn23)c1. The first-order valence-electron chi connectivity index (χ1n) is 6.06. The maximum absolute atomic E-state index is 12.9. The molecule has 3 rings (SSSR count). The van der Waals surface area contributed by atoms with Gasteiger partial charge in [0.2, 0.25) is 5.88 Å². The molecule has 0 atom stereocenters. The van der Waals surface area contributed by atoms with Gasteiger partial charge in [-0.2, -0.15) is 27.8 Å². The van der Waals surface area contributed by atoms with Crippen LogP contribution in [0.1, 0.15) is 11.3 Å². The molecule has 0 aliphatic carbocycles. The number of hydrogen-bond acceptors (Lipinski definition) is 4. The van der Waals surface area contributed by atoms with Crippen molar-refractivity contribution in [3.05, 3.63) is 45.4 Å². The van der Waals surface area contributed by atoms with Gasteiger partial charge in [-0.1, -0.05) is 6.07 Å². The summed E-state index contributed by atoms with van der Waals surface area (Å²) in [6.45, 7) is 1.86. The van der Waals surface area contributed by atoms with Crippen LogP contribution < -0.4 is 4.74 Å². The monoisotopic (exact) mass is 420 g/mol. The van der Waals surface area contributed by atoms with E-state index in [-0.39, 0.29) is 11.7 Å². The number of alkyl halides is 3. The summed E-state index contributed by atoms with van der Waals surface area (Å²) in [6.07, 6.45) is -3.47. The number of benzene rings is 1. The Kier molecular flexibility index (Phi) is 3.67. The maximum atomic E-state index is 12.9. The van der Waals surface area contributed by atoms with Crippen LogP contribution in [0.25, 0.3) is 5.78 Å². The highest BCUT2D eigenvalue weighted by atomic mass is 127. The average molecular weight is 420 g/mol. The van der Waals surface area contributed by atoms with Crippen molar-refractivity contribution in [2.45, 2.75) is 13.1 Å². The average Bonchev–Trinajstić information content (AvgIpc) is 2.90. The van der Waals surface area contributed by atoms with E-state index in [1.165, 1.54) is 0 Å². The lowest BCUT2D eigenvalue weighted by molar-refractivity contribution is -0.141. The second kappa shape index (κ2) is 5.38. The first-order chi connectivity index (χ1) is 10.3. The molecule has 2 aromatic heterocycles. The summed E-state index contributed by atoms with van der Waals surface area (Å²) in [5, 5.41) is 3.84. The summed E-state index contributed by atoms with van der Waals surface area (Å²) in [4.78, 5) is 7.13. The zero-order valence-corrected chi connectivity index (χ0v) is 13.3. The van der Waals surface area contributed by atoms with Crippen molar-refractivity contribution >= 4 is 28.4 Å². The zero-order chi connectivity index (χ0) is 15.9. The van der Waals surface area contributed by atoms with Crippen LogP contribution in [0, 0.1) is 10.5 Å². The number of nitrogens with zero attached hydrogens (tertiary/aromatic N) is 4. The number of ether oxygens (including phenoxy) is 1. The molecule has 1 aromatic carbocycles. The molecular weight excluding hydrogens is 412 g/mol. The molecule has 0 aliphatic heterocycles. The smallest absolute Gasteiger partial charge is 0.433 e. The van der Waals surface area contributed by atoms with Crippen LogP contribution in [-0.4, -0.2) is 19.6 Å². The molecule has 0 spiro atoms. The van der Waals surface area contributed by atoms with E-state index in [4.69, 9.17) is 4.74 Å². The van der Waals surface area contributed by atoms with E-state index in [0.717, 1.165) is 26.0 Å². The van der Waals surface area contributed by atoms with Crippen LogP contribution in [0.2, 0.25) is 0 Å². The quantitative estimate of drug-likeness (QED) is 0.592. The van der Waals surface area contributed by atoms with Crippen LogP contribution in [-0.2, 0) is 6.18 Å². The molecule has 0 amide bonds. The molecule has 0 fully saturated rings. The van der Waals surface area contributed by atoms with Gasteiger partial charge in [0.25, 0.3) is 5.78 Å². The number of aryl methyl sites for hydroxylation is 1. The van der Waals surface area contributed by atoms with E-state index in [9.17, 15) is 13.2 Å². The van der Waals surface area contributed by atoms with Crippen molar-refractivity contribution in [3.63, 3.8) is 0 Å². The van der Waals surface area contributed by atoms with Crippen LogP contribution in [0.5, 0.6) is 11.6 Å². The molecule has 5 nitrogen and oxygen atoms in total. The first-order valence-corrected chi connectivity index (χ1v) is 7.14. The fourth-order valence-electron chi connectivity index (χ4n) is 1.80. The van der Waals surface area contributed by atoms with Crippen molar-refractivity contribution < 1.29 is 17.9 Å². The molecule has 0 unspecified atom stereocenters. The highest BCUT2D eigenvalue weighted by Gasteiger charge is 2.34. The summed E-state index contributed by atoms with van der Waals surface area (Å²) in [5.74, 6) is 0.169. The Bertz CT molecular complexity index is 847. The molecule has 0 aliphatic rings. The first kappa shape index (κ1) is 15.0. The summed E-state index contributed by atoms with van der Waals surface area (Å²) in [6, 6.07) is 6.24. The van der Waals surface area contributed by atoms with Gasteiger partial charge >= 0.3 is 6.18 Å². The van der Waals surface area contributed by atoms with E-state index in [0.29, 0.717) is 5.75 Å². The molecule has 0 radical (unpaired) electrons. The minimum atomic E-state index is -4.59. The number of halogens is 4. The Morgan fingerprint density at radius 3 is 2.73 bits per heavy atom. The maximum Gasteiger partial charge on any atom is 0.433 e.